The van der Waals surface area contributed by atoms with E-state index in [0.29, 0.717) is 5.56 Å². The molecule has 1 aromatic heterocycles. The molecule has 2 aromatic carbocycles. The molecular formula is C20H18F2N2OS2. The largest absolute Gasteiger partial charge is 0.345 e. The molecule has 0 spiro atoms. The first kappa shape index (κ1) is 19.5. The van der Waals surface area contributed by atoms with Gasteiger partial charge < -0.3 is 5.32 Å². The third kappa shape index (κ3) is 5.14. The van der Waals surface area contributed by atoms with E-state index in [1.807, 2.05) is 24.4 Å². The van der Waals surface area contributed by atoms with Crippen molar-refractivity contribution in [3.8, 4) is 0 Å². The Bertz CT molecular complexity index is 941. The molecule has 0 bridgehead atoms. The number of benzene rings is 2. The van der Waals surface area contributed by atoms with Crippen LogP contribution in [-0.2, 0) is 5.75 Å². The lowest BCUT2D eigenvalue weighted by Gasteiger charge is -2.15. The predicted molar refractivity (Wildman–Crippen MR) is 105 cm³/mol. The minimum atomic E-state index is -0.642. The van der Waals surface area contributed by atoms with Gasteiger partial charge in [0.1, 0.15) is 16.0 Å². The standard InChI is InChI=1S/C20H18F2N2OS2/c1-12-10-26-20(23-12)27-11-14-3-5-15(6-4-14)19(25)24-13(2)17-9-16(21)7-8-18(17)22/h3-10,13H,11H2,1-2H3,(H,24,25). The van der Waals surface area contributed by atoms with Gasteiger partial charge in [-0.15, -0.1) is 11.3 Å². The third-order valence-corrected chi connectivity index (χ3v) is 6.16. The Kier molecular flexibility index (Phi) is 6.23. The van der Waals surface area contributed by atoms with Gasteiger partial charge in [-0.1, -0.05) is 23.9 Å². The molecule has 3 nitrogen and oxygen atoms in total. The highest BCUT2D eigenvalue weighted by Gasteiger charge is 2.15. The Labute approximate surface area is 164 Å². The molecule has 0 aliphatic rings. The number of rotatable bonds is 6. The van der Waals surface area contributed by atoms with Gasteiger partial charge in [0.2, 0.25) is 0 Å². The first-order valence-electron chi connectivity index (χ1n) is 8.32. The van der Waals surface area contributed by atoms with Gasteiger partial charge in [-0.25, -0.2) is 13.8 Å². The number of thiazole rings is 1. The van der Waals surface area contributed by atoms with Crippen LogP contribution in [0.1, 0.15) is 40.1 Å². The zero-order chi connectivity index (χ0) is 19.4. The third-order valence-electron chi connectivity index (χ3n) is 3.95. The van der Waals surface area contributed by atoms with Gasteiger partial charge in [0, 0.05) is 28.0 Å². The lowest BCUT2D eigenvalue weighted by atomic mass is 10.1. The molecule has 1 amide bonds. The summed E-state index contributed by atoms with van der Waals surface area (Å²) in [5, 5.41) is 4.71. The van der Waals surface area contributed by atoms with E-state index < -0.39 is 17.7 Å². The minimum absolute atomic E-state index is 0.120. The number of aryl methyl sites for hydroxylation is 1. The van der Waals surface area contributed by atoms with E-state index >= 15 is 0 Å². The second-order valence-electron chi connectivity index (χ2n) is 6.10. The molecule has 0 fully saturated rings. The molecule has 140 valence electrons. The van der Waals surface area contributed by atoms with Gasteiger partial charge in [-0.3, -0.25) is 4.79 Å². The Hall–Kier alpha value is -2.25. The molecule has 0 radical (unpaired) electrons. The Morgan fingerprint density at radius 3 is 2.63 bits per heavy atom. The van der Waals surface area contributed by atoms with Crippen molar-refractivity contribution in [1.82, 2.24) is 10.3 Å². The van der Waals surface area contributed by atoms with Gasteiger partial charge in [0.25, 0.3) is 5.91 Å². The average Bonchev–Trinajstić information content (AvgIpc) is 3.07. The number of carbonyl (C=O) groups excluding carboxylic acids is 1. The van der Waals surface area contributed by atoms with E-state index in [1.165, 1.54) is 0 Å². The topological polar surface area (TPSA) is 42.0 Å². The summed E-state index contributed by atoms with van der Waals surface area (Å²) in [4.78, 5) is 16.8. The number of hydrogen-bond acceptors (Lipinski definition) is 4. The van der Waals surface area contributed by atoms with Gasteiger partial charge in [0.05, 0.1) is 6.04 Å². The van der Waals surface area contributed by atoms with Crippen LogP contribution in [0.5, 0.6) is 0 Å². The Morgan fingerprint density at radius 2 is 1.96 bits per heavy atom. The van der Waals surface area contributed by atoms with Crippen molar-refractivity contribution < 1.29 is 13.6 Å². The number of nitrogens with zero attached hydrogens (tertiary/aromatic N) is 1. The first-order chi connectivity index (χ1) is 12.9. The summed E-state index contributed by atoms with van der Waals surface area (Å²) in [6.07, 6.45) is 0. The summed E-state index contributed by atoms with van der Waals surface area (Å²) in [5.41, 5.74) is 2.68. The number of aromatic nitrogens is 1. The van der Waals surface area contributed by atoms with Crippen LogP contribution in [0.2, 0.25) is 0 Å². The zero-order valence-electron chi connectivity index (χ0n) is 14.8. The van der Waals surface area contributed by atoms with Gasteiger partial charge in [-0.05, 0) is 49.7 Å². The molecule has 3 rings (SSSR count). The summed E-state index contributed by atoms with van der Waals surface area (Å²) in [7, 11) is 0. The quantitative estimate of drug-likeness (QED) is 0.551. The molecule has 0 saturated carbocycles. The molecule has 7 heteroatoms. The molecule has 27 heavy (non-hydrogen) atoms. The highest BCUT2D eigenvalue weighted by molar-refractivity contribution is 8.00. The van der Waals surface area contributed by atoms with Crippen LogP contribution in [-0.4, -0.2) is 10.9 Å². The fraction of sp³-hybridized carbons (Fsp3) is 0.200. The van der Waals surface area contributed by atoms with Crippen LogP contribution < -0.4 is 5.32 Å². The fourth-order valence-electron chi connectivity index (χ4n) is 2.50. The summed E-state index contributed by atoms with van der Waals surface area (Å²) in [5.74, 6) is -0.653. The van der Waals surface area contributed by atoms with E-state index in [1.54, 1.807) is 42.2 Å². The number of hydrogen-bond donors (Lipinski definition) is 1. The van der Waals surface area contributed by atoms with Crippen molar-refractivity contribution in [3.63, 3.8) is 0 Å². The van der Waals surface area contributed by atoms with Crippen molar-refractivity contribution in [2.24, 2.45) is 0 Å². The number of amides is 1. The highest BCUT2D eigenvalue weighted by atomic mass is 32.2. The maximum Gasteiger partial charge on any atom is 0.251 e. The second-order valence-corrected chi connectivity index (χ2v) is 8.18. The number of thioether (sulfide) groups is 1. The summed E-state index contributed by atoms with van der Waals surface area (Å²) < 4.78 is 28.2. The Morgan fingerprint density at radius 1 is 1.22 bits per heavy atom. The fourth-order valence-corrected chi connectivity index (χ4v) is 4.31. The Balaban J connectivity index is 1.60. The number of halogens is 2. The van der Waals surface area contributed by atoms with Crippen LogP contribution in [0, 0.1) is 18.6 Å². The van der Waals surface area contributed by atoms with Crippen LogP contribution in [0.15, 0.2) is 52.2 Å². The van der Waals surface area contributed by atoms with E-state index in [2.05, 4.69) is 10.3 Å². The van der Waals surface area contributed by atoms with Crippen LogP contribution in [0.25, 0.3) is 0 Å². The summed E-state index contributed by atoms with van der Waals surface area (Å²) >= 11 is 3.26. The van der Waals surface area contributed by atoms with E-state index in [4.69, 9.17) is 0 Å². The summed E-state index contributed by atoms with van der Waals surface area (Å²) in [6, 6.07) is 9.80. The maximum atomic E-state index is 13.8. The second kappa shape index (κ2) is 8.63. The monoisotopic (exact) mass is 404 g/mol. The van der Waals surface area contributed by atoms with Gasteiger partial charge >= 0.3 is 0 Å². The maximum absolute atomic E-state index is 13.8. The molecule has 1 atom stereocenters. The van der Waals surface area contributed by atoms with Crippen molar-refractivity contribution >= 4 is 29.0 Å². The molecular weight excluding hydrogens is 386 g/mol. The average molecular weight is 405 g/mol. The molecule has 3 aromatic rings. The van der Waals surface area contributed by atoms with Crippen molar-refractivity contribution in [2.75, 3.05) is 0 Å². The minimum Gasteiger partial charge on any atom is -0.345 e. The van der Waals surface area contributed by atoms with Gasteiger partial charge in [0.15, 0.2) is 0 Å². The number of carbonyl (C=O) groups is 1. The highest BCUT2D eigenvalue weighted by Crippen LogP contribution is 2.26. The molecule has 1 N–H and O–H groups in total. The zero-order valence-corrected chi connectivity index (χ0v) is 16.5. The molecule has 0 saturated heterocycles. The van der Waals surface area contributed by atoms with E-state index in [0.717, 1.165) is 39.5 Å². The van der Waals surface area contributed by atoms with Crippen LogP contribution in [0.3, 0.4) is 0 Å². The molecule has 0 aliphatic heterocycles. The van der Waals surface area contributed by atoms with Crippen LogP contribution in [0.4, 0.5) is 8.78 Å². The van der Waals surface area contributed by atoms with Crippen molar-refractivity contribution in [3.05, 3.63) is 81.9 Å². The smallest absolute Gasteiger partial charge is 0.251 e. The van der Waals surface area contributed by atoms with E-state index in [9.17, 15) is 13.6 Å². The predicted octanol–water partition coefficient (Wildman–Crippen LogP) is 5.51. The van der Waals surface area contributed by atoms with Crippen molar-refractivity contribution in [2.45, 2.75) is 30.0 Å². The lowest BCUT2D eigenvalue weighted by Crippen LogP contribution is -2.27. The number of nitrogens with one attached hydrogen (secondary N) is 1. The molecule has 0 aliphatic carbocycles. The first-order valence-corrected chi connectivity index (χ1v) is 10.2. The van der Waals surface area contributed by atoms with Crippen molar-refractivity contribution in [1.29, 1.82) is 0 Å². The molecule has 1 heterocycles. The summed E-state index contributed by atoms with van der Waals surface area (Å²) in [6.45, 7) is 3.58. The molecule has 1 unspecified atom stereocenters. The SMILES string of the molecule is Cc1csc(SCc2ccc(C(=O)NC(C)c3cc(F)ccc3F)cc2)n1. The van der Waals surface area contributed by atoms with Gasteiger partial charge in [-0.2, -0.15) is 0 Å². The normalized spacial score (nSPS) is 12.0. The van der Waals surface area contributed by atoms with E-state index in [-0.39, 0.29) is 11.5 Å². The van der Waals surface area contributed by atoms with Crippen LogP contribution >= 0.6 is 23.1 Å². The lowest BCUT2D eigenvalue weighted by molar-refractivity contribution is 0.0939.